The van der Waals surface area contributed by atoms with Gasteiger partial charge in [0.05, 0.1) is 19.5 Å². The zero-order chi connectivity index (χ0) is 18.5. The van der Waals surface area contributed by atoms with E-state index in [1.165, 1.54) is 12.1 Å². The van der Waals surface area contributed by atoms with Gasteiger partial charge in [0, 0.05) is 16.6 Å². The lowest BCUT2D eigenvalue weighted by atomic mass is 10.1. The van der Waals surface area contributed by atoms with Gasteiger partial charge in [0.1, 0.15) is 5.82 Å². The first-order valence-corrected chi connectivity index (χ1v) is 8.95. The second kappa shape index (κ2) is 8.32. The third kappa shape index (κ3) is 4.82. The average molecular weight is 375 g/mol. The number of rotatable bonds is 7. The molecule has 0 radical (unpaired) electrons. The monoisotopic (exact) mass is 374 g/mol. The van der Waals surface area contributed by atoms with E-state index < -0.39 is 5.82 Å². The molecule has 0 heterocycles. The largest absolute Gasteiger partial charge is 0.347 e. The van der Waals surface area contributed by atoms with Crippen molar-refractivity contribution < 1.29 is 14.0 Å². The molecule has 1 saturated carbocycles. The van der Waals surface area contributed by atoms with E-state index in [0.29, 0.717) is 10.6 Å². The average Bonchev–Trinajstić information content (AvgIpc) is 3.45. The second-order valence-corrected chi connectivity index (χ2v) is 6.80. The van der Waals surface area contributed by atoms with Crippen LogP contribution in [0.3, 0.4) is 0 Å². The Labute approximate surface area is 157 Å². The van der Waals surface area contributed by atoms with Crippen LogP contribution in [0.1, 0.15) is 24.0 Å². The summed E-state index contributed by atoms with van der Waals surface area (Å²) in [6.07, 6.45) is 1.99. The Kier molecular flexibility index (Phi) is 5.89. The first-order chi connectivity index (χ1) is 12.5. The molecule has 1 fully saturated rings. The summed E-state index contributed by atoms with van der Waals surface area (Å²) in [5.74, 6) is -0.874. The van der Waals surface area contributed by atoms with Gasteiger partial charge in [-0.05, 0) is 30.5 Å². The first kappa shape index (κ1) is 18.4. The Bertz CT molecular complexity index is 773. The number of hydrogen-bond acceptors (Lipinski definition) is 2. The van der Waals surface area contributed by atoms with Crippen molar-refractivity contribution in [2.75, 3.05) is 6.54 Å². The lowest BCUT2D eigenvalue weighted by molar-refractivity contribution is -0.133. The molecule has 0 bridgehead atoms. The molecule has 1 aliphatic rings. The molecule has 136 valence electrons. The van der Waals surface area contributed by atoms with E-state index in [1.54, 1.807) is 11.0 Å². The quantitative estimate of drug-likeness (QED) is 0.808. The molecule has 0 aromatic heterocycles. The summed E-state index contributed by atoms with van der Waals surface area (Å²) >= 11 is 6.07. The number of nitrogens with one attached hydrogen (secondary N) is 1. The van der Waals surface area contributed by atoms with Crippen LogP contribution < -0.4 is 5.32 Å². The van der Waals surface area contributed by atoms with Crippen LogP contribution >= 0.6 is 11.6 Å². The Morgan fingerprint density at radius 2 is 1.85 bits per heavy atom. The van der Waals surface area contributed by atoms with Crippen LogP contribution in [0.25, 0.3) is 0 Å². The van der Waals surface area contributed by atoms with E-state index in [1.807, 2.05) is 30.3 Å². The predicted molar refractivity (Wildman–Crippen MR) is 98.1 cm³/mol. The fourth-order valence-corrected chi connectivity index (χ4v) is 3.00. The lowest BCUT2D eigenvalue weighted by Gasteiger charge is -2.23. The van der Waals surface area contributed by atoms with Crippen LogP contribution in [0.2, 0.25) is 5.02 Å². The molecule has 0 spiro atoms. The number of benzene rings is 2. The van der Waals surface area contributed by atoms with E-state index in [2.05, 4.69) is 5.32 Å². The van der Waals surface area contributed by atoms with E-state index in [4.69, 9.17) is 11.6 Å². The maximum Gasteiger partial charge on any atom is 0.242 e. The molecule has 3 rings (SSSR count). The van der Waals surface area contributed by atoms with Gasteiger partial charge < -0.3 is 10.2 Å². The molecule has 2 aromatic rings. The minimum Gasteiger partial charge on any atom is -0.347 e. The van der Waals surface area contributed by atoms with Crippen LogP contribution in [0.4, 0.5) is 4.39 Å². The van der Waals surface area contributed by atoms with E-state index >= 15 is 0 Å². The van der Waals surface area contributed by atoms with Crippen LogP contribution in [0.15, 0.2) is 48.5 Å². The molecule has 4 nitrogen and oxygen atoms in total. The fraction of sp³-hybridized carbons (Fsp3) is 0.300. The van der Waals surface area contributed by atoms with E-state index in [0.717, 1.165) is 18.4 Å². The highest BCUT2D eigenvalue weighted by Gasteiger charge is 2.33. The second-order valence-electron chi connectivity index (χ2n) is 6.39. The summed E-state index contributed by atoms with van der Waals surface area (Å²) in [6.45, 7) is 0.0117. The van der Waals surface area contributed by atoms with Crippen LogP contribution in [0, 0.1) is 5.82 Å². The van der Waals surface area contributed by atoms with Crippen molar-refractivity contribution in [1.29, 1.82) is 0 Å². The number of carbonyl (C=O) groups excluding carboxylic acids is 2. The summed E-state index contributed by atoms with van der Waals surface area (Å²) in [7, 11) is 0. The highest BCUT2D eigenvalue weighted by Crippen LogP contribution is 2.30. The maximum absolute atomic E-state index is 14.0. The van der Waals surface area contributed by atoms with E-state index in [9.17, 15) is 14.0 Å². The lowest BCUT2D eigenvalue weighted by Crippen LogP contribution is -2.41. The Morgan fingerprint density at radius 3 is 2.50 bits per heavy atom. The molecule has 0 saturated heterocycles. The summed E-state index contributed by atoms with van der Waals surface area (Å²) in [6, 6.07) is 13.9. The Morgan fingerprint density at radius 1 is 1.12 bits per heavy atom. The molecule has 0 unspecified atom stereocenters. The van der Waals surface area contributed by atoms with Crippen molar-refractivity contribution in [2.24, 2.45) is 0 Å². The van der Waals surface area contributed by atoms with Gasteiger partial charge in [-0.25, -0.2) is 4.39 Å². The first-order valence-electron chi connectivity index (χ1n) is 8.57. The summed E-state index contributed by atoms with van der Waals surface area (Å²) in [5.41, 5.74) is 1.19. The Hall–Kier alpha value is -2.40. The normalized spacial score (nSPS) is 13.3. The molecule has 6 heteroatoms. The zero-order valence-corrected chi connectivity index (χ0v) is 15.0. The summed E-state index contributed by atoms with van der Waals surface area (Å²) in [4.78, 5) is 26.2. The van der Waals surface area contributed by atoms with E-state index in [-0.39, 0.29) is 37.4 Å². The topological polar surface area (TPSA) is 49.4 Å². The third-order valence-corrected chi connectivity index (χ3v) is 4.70. The number of nitrogens with zero attached hydrogens (tertiary/aromatic N) is 1. The number of carbonyl (C=O) groups is 2. The van der Waals surface area contributed by atoms with Gasteiger partial charge in [-0.3, -0.25) is 9.59 Å². The van der Waals surface area contributed by atoms with Crippen molar-refractivity contribution in [3.63, 3.8) is 0 Å². The van der Waals surface area contributed by atoms with Gasteiger partial charge in [0.15, 0.2) is 0 Å². The minimum atomic E-state index is -0.427. The molecular formula is C20H20ClFN2O2. The molecule has 2 amide bonds. The standard InChI is InChI=1S/C20H20ClFN2O2/c21-17-7-4-8-18(22)16(17)13-24(15-9-10-15)20(26)12-23-19(25)11-14-5-2-1-3-6-14/h1-8,15H,9-13H2,(H,23,25). The van der Waals surface area contributed by atoms with Crippen LogP contribution in [-0.2, 0) is 22.6 Å². The summed E-state index contributed by atoms with van der Waals surface area (Å²) < 4.78 is 14.0. The maximum atomic E-state index is 14.0. The van der Waals surface area contributed by atoms with Gasteiger partial charge in [-0.2, -0.15) is 0 Å². The minimum absolute atomic E-state index is 0.0872. The van der Waals surface area contributed by atoms with Crippen molar-refractivity contribution in [3.8, 4) is 0 Å². The molecular weight excluding hydrogens is 355 g/mol. The zero-order valence-electron chi connectivity index (χ0n) is 14.3. The number of halogens is 2. The summed E-state index contributed by atoms with van der Waals surface area (Å²) in [5, 5.41) is 2.95. The van der Waals surface area contributed by atoms with Crippen LogP contribution in [0.5, 0.6) is 0 Å². The van der Waals surface area contributed by atoms with Crippen LogP contribution in [-0.4, -0.2) is 29.3 Å². The van der Waals surface area contributed by atoms with Crippen molar-refractivity contribution in [1.82, 2.24) is 10.2 Å². The van der Waals surface area contributed by atoms with Gasteiger partial charge in [0.25, 0.3) is 0 Å². The molecule has 1 N–H and O–H groups in total. The van der Waals surface area contributed by atoms with Crippen molar-refractivity contribution in [3.05, 3.63) is 70.5 Å². The smallest absolute Gasteiger partial charge is 0.242 e. The van der Waals surface area contributed by atoms with Gasteiger partial charge in [-0.1, -0.05) is 48.0 Å². The third-order valence-electron chi connectivity index (χ3n) is 4.34. The molecule has 0 atom stereocenters. The highest BCUT2D eigenvalue weighted by atomic mass is 35.5. The van der Waals surface area contributed by atoms with Gasteiger partial charge in [0.2, 0.25) is 11.8 Å². The highest BCUT2D eigenvalue weighted by molar-refractivity contribution is 6.31. The van der Waals surface area contributed by atoms with Crippen molar-refractivity contribution in [2.45, 2.75) is 31.8 Å². The molecule has 2 aromatic carbocycles. The SMILES string of the molecule is O=C(Cc1ccccc1)NCC(=O)N(Cc1c(F)cccc1Cl)C1CC1. The molecule has 0 aliphatic heterocycles. The molecule has 26 heavy (non-hydrogen) atoms. The number of hydrogen-bond donors (Lipinski definition) is 1. The van der Waals surface area contributed by atoms with Gasteiger partial charge in [-0.15, -0.1) is 0 Å². The number of amides is 2. The van der Waals surface area contributed by atoms with Crippen molar-refractivity contribution >= 4 is 23.4 Å². The van der Waals surface area contributed by atoms with Gasteiger partial charge >= 0.3 is 0 Å². The molecule has 1 aliphatic carbocycles. The Balaban J connectivity index is 1.58. The predicted octanol–water partition coefficient (Wildman–Crippen LogP) is 3.33. The fourth-order valence-electron chi connectivity index (χ4n) is 2.78.